The van der Waals surface area contributed by atoms with Crippen molar-refractivity contribution in [1.29, 1.82) is 0 Å². The molecule has 19 nitrogen and oxygen atoms in total. The van der Waals surface area contributed by atoms with Crippen molar-refractivity contribution in [2.24, 2.45) is 0 Å². The molecule has 0 fully saturated rings. The lowest BCUT2D eigenvalue weighted by Crippen LogP contribution is -2.19. The second-order valence-corrected chi connectivity index (χ2v) is 16.6. The number of carbonyl (C=O) groups is 4. The van der Waals surface area contributed by atoms with Crippen LogP contribution < -0.4 is 21.3 Å². The molecular formula is C41H27F12N13O6S3. The Balaban J connectivity index is 0.000000185. The van der Waals surface area contributed by atoms with Gasteiger partial charge in [0.15, 0.2) is 5.13 Å². The van der Waals surface area contributed by atoms with E-state index in [1.807, 2.05) is 6.26 Å². The van der Waals surface area contributed by atoms with E-state index in [-0.39, 0.29) is 22.0 Å². The molecule has 0 saturated heterocycles. The number of rotatable bonds is 9. The van der Waals surface area contributed by atoms with Gasteiger partial charge in [-0.3, -0.25) is 60.4 Å². The predicted octanol–water partition coefficient (Wildman–Crippen LogP) is 10.7. The number of amides is 4. The summed E-state index contributed by atoms with van der Waals surface area (Å²) in [6, 6.07) is 5.68. The van der Waals surface area contributed by atoms with Crippen molar-refractivity contribution in [2.75, 3.05) is 27.5 Å². The van der Waals surface area contributed by atoms with Gasteiger partial charge in [0, 0.05) is 61.7 Å². The van der Waals surface area contributed by atoms with Gasteiger partial charge in [0.1, 0.15) is 5.51 Å². The van der Waals surface area contributed by atoms with Gasteiger partial charge in [0.05, 0.1) is 66.8 Å². The number of carbonyl (C=O) groups excluding carboxylic acids is 4. The molecule has 0 saturated carbocycles. The average molecular weight is 1120 g/mol. The van der Waals surface area contributed by atoms with E-state index < -0.39 is 92.8 Å². The molecule has 0 atom stereocenters. The summed E-state index contributed by atoms with van der Waals surface area (Å²) in [5, 5.41) is 23.0. The molecule has 4 N–H and O–H groups in total. The summed E-state index contributed by atoms with van der Waals surface area (Å²) in [7, 11) is 0. The van der Waals surface area contributed by atoms with Gasteiger partial charge in [-0.15, -0.1) is 22.0 Å². The molecule has 0 aliphatic heterocycles. The van der Waals surface area contributed by atoms with E-state index in [1.54, 1.807) is 13.1 Å². The maximum absolute atomic E-state index is 12.8. The van der Waals surface area contributed by atoms with Gasteiger partial charge in [-0.25, -0.2) is 4.98 Å². The lowest BCUT2D eigenvalue weighted by molar-refractivity contribution is -0.138. The summed E-state index contributed by atoms with van der Waals surface area (Å²) in [5.41, 5.74) is -4.58. The lowest BCUT2D eigenvalue weighted by Gasteiger charge is -2.11. The first-order valence-electron chi connectivity index (χ1n) is 19.7. The van der Waals surface area contributed by atoms with Crippen LogP contribution in [0.5, 0.6) is 0 Å². The van der Waals surface area contributed by atoms with Crippen molar-refractivity contribution in [3.63, 3.8) is 0 Å². The molecule has 0 aromatic carbocycles. The van der Waals surface area contributed by atoms with Crippen LogP contribution in [0.15, 0.2) is 117 Å². The number of hydrogen-bond donors (Lipinski definition) is 4. The number of aryl methyl sites for hydroxylation is 1. The maximum atomic E-state index is 12.8. The third-order valence-electron chi connectivity index (χ3n) is 8.51. The molecular weight excluding hydrogens is 1090 g/mol. The highest BCUT2D eigenvalue weighted by Gasteiger charge is 2.38. The second kappa shape index (κ2) is 25.0. The molecule has 0 bridgehead atoms. The van der Waals surface area contributed by atoms with Crippen LogP contribution in [0.1, 0.15) is 69.4 Å². The molecule has 8 rings (SSSR count). The summed E-state index contributed by atoms with van der Waals surface area (Å²) in [5.74, 6) is -3.81. The number of nitrogens with one attached hydrogen (secondary N) is 4. The van der Waals surface area contributed by atoms with Gasteiger partial charge >= 0.3 is 24.7 Å². The number of aromatic nitrogens is 9. The van der Waals surface area contributed by atoms with Crippen molar-refractivity contribution in [3.05, 3.63) is 154 Å². The molecule has 34 heteroatoms. The van der Waals surface area contributed by atoms with Crippen LogP contribution in [0.2, 0.25) is 0 Å². The molecule has 8 aromatic heterocycles. The Morgan fingerprint density at radius 3 is 1.28 bits per heavy atom. The van der Waals surface area contributed by atoms with Gasteiger partial charge in [0.25, 0.3) is 23.6 Å². The first-order chi connectivity index (χ1) is 35.3. The van der Waals surface area contributed by atoms with Gasteiger partial charge < -0.3 is 9.05 Å². The van der Waals surface area contributed by atoms with Crippen LogP contribution in [-0.4, -0.2) is 75.3 Å². The third kappa shape index (κ3) is 16.8. The SMILES string of the molecule is CSc1cnc(NC(=O)c2cnccc2C(F)(F)F)s1.Cc1cc(NC(=O)c2cnccc2C(F)(F)F)on1.O=C(Nc1ccno1)c1cnccc1C(F)(F)F.O=C(Nc1nncs1)c1cnccc1C(F)(F)F. The number of hydrogen-bond acceptors (Lipinski definition) is 18. The quantitative estimate of drug-likeness (QED) is 0.0774. The zero-order valence-electron chi connectivity index (χ0n) is 37.0. The van der Waals surface area contributed by atoms with Gasteiger partial charge in [-0.05, 0) is 37.4 Å². The van der Waals surface area contributed by atoms with E-state index in [0.717, 1.165) is 89.4 Å². The summed E-state index contributed by atoms with van der Waals surface area (Å²) >= 11 is 3.62. The highest BCUT2D eigenvalue weighted by molar-refractivity contribution is 8.00. The summed E-state index contributed by atoms with van der Waals surface area (Å²) in [4.78, 5) is 65.0. The smallest absolute Gasteiger partial charge is 0.338 e. The van der Waals surface area contributed by atoms with E-state index >= 15 is 0 Å². The Morgan fingerprint density at radius 2 is 0.947 bits per heavy atom. The minimum absolute atomic E-state index is 0.0283. The minimum Gasteiger partial charge on any atom is -0.338 e. The number of nitrogens with zero attached hydrogens (tertiary/aromatic N) is 9. The van der Waals surface area contributed by atoms with Gasteiger partial charge in [-0.1, -0.05) is 33.0 Å². The lowest BCUT2D eigenvalue weighted by atomic mass is 10.1. The highest BCUT2D eigenvalue weighted by Crippen LogP contribution is 2.35. The zero-order chi connectivity index (χ0) is 55.1. The second-order valence-electron chi connectivity index (χ2n) is 13.6. The first-order valence-corrected chi connectivity index (χ1v) is 22.6. The zero-order valence-corrected chi connectivity index (χ0v) is 39.5. The van der Waals surface area contributed by atoms with Crippen LogP contribution >= 0.6 is 34.4 Å². The Labute approximate surface area is 422 Å². The average Bonchev–Trinajstić information content (AvgIpc) is 4.22. The fraction of sp³-hybridized carbons (Fsp3) is 0.146. The third-order valence-corrected chi connectivity index (χ3v) is 11.1. The Bertz CT molecular complexity index is 3090. The van der Waals surface area contributed by atoms with E-state index in [0.29, 0.717) is 5.69 Å². The molecule has 8 heterocycles. The fourth-order valence-corrected chi connectivity index (χ4v) is 7.03. The monoisotopic (exact) mass is 1120 g/mol. The van der Waals surface area contributed by atoms with Crippen LogP contribution in [0.25, 0.3) is 0 Å². The molecule has 4 amide bonds. The first kappa shape index (κ1) is 57.5. The number of thiazole rings is 1. The summed E-state index contributed by atoms with van der Waals surface area (Å²) in [6.45, 7) is 1.62. The number of anilines is 4. The summed E-state index contributed by atoms with van der Waals surface area (Å²) in [6.07, 6.45) is -6.50. The maximum Gasteiger partial charge on any atom is 0.417 e. The molecule has 0 unspecified atom stereocenters. The van der Waals surface area contributed by atoms with E-state index in [1.165, 1.54) is 46.9 Å². The van der Waals surface area contributed by atoms with E-state index in [2.05, 4.69) is 71.2 Å². The Kier molecular flexibility index (Phi) is 19.2. The van der Waals surface area contributed by atoms with E-state index in [9.17, 15) is 71.9 Å². The highest BCUT2D eigenvalue weighted by atomic mass is 32.2. The van der Waals surface area contributed by atoms with Crippen LogP contribution in [-0.2, 0) is 24.7 Å². The predicted molar refractivity (Wildman–Crippen MR) is 240 cm³/mol. The molecule has 0 aliphatic carbocycles. The summed E-state index contributed by atoms with van der Waals surface area (Å²) < 4.78 is 162. The molecule has 0 aliphatic rings. The number of pyridine rings is 4. The minimum atomic E-state index is -4.63. The molecule has 0 spiro atoms. The van der Waals surface area contributed by atoms with Crippen LogP contribution in [0.3, 0.4) is 0 Å². The molecule has 8 aromatic rings. The van der Waals surface area contributed by atoms with Crippen LogP contribution in [0, 0.1) is 6.92 Å². The topological polar surface area (TPSA) is 259 Å². The number of halogens is 12. The van der Waals surface area contributed by atoms with Crippen molar-refractivity contribution in [3.8, 4) is 0 Å². The molecule has 75 heavy (non-hydrogen) atoms. The Hall–Kier alpha value is -8.40. The normalized spacial score (nSPS) is 11.3. The van der Waals surface area contributed by atoms with E-state index in [4.69, 9.17) is 4.52 Å². The number of thioether (sulfide) groups is 1. The molecule has 0 radical (unpaired) electrons. The Morgan fingerprint density at radius 1 is 0.533 bits per heavy atom. The molecule has 394 valence electrons. The van der Waals surface area contributed by atoms with Crippen molar-refractivity contribution < 1.29 is 80.9 Å². The van der Waals surface area contributed by atoms with Gasteiger partial charge in [-0.2, -0.15) is 52.7 Å². The number of alkyl halides is 12. The standard InChI is InChI=1S/C11H8F3N3O2.C11H8F3N3OS2.C10H6F3N3O2.C9H5F3N4OS/c1-6-4-9(19-17-6)16-10(18)7-5-15-3-2-8(7)11(12,13)14;1-19-8-5-16-10(20-8)17-9(18)6-4-15-3-2-7(6)11(12,13)14;11-10(12,13)7-1-3-14-5-6(7)9(17)16-8-2-4-15-18-8;10-9(11,12)6-1-2-13-3-5(6)7(17)15-8-16-14-4-18-8/h2-5H,1H3,(H,16,18);2-5H,1H3,(H,16,17,18);1-5H,(H,16,17);1-4H,(H,15,16,17). The van der Waals surface area contributed by atoms with Crippen molar-refractivity contribution in [1.82, 2.24) is 45.4 Å². The van der Waals surface area contributed by atoms with Gasteiger partial charge in [0.2, 0.25) is 16.9 Å². The van der Waals surface area contributed by atoms with Crippen molar-refractivity contribution in [2.45, 2.75) is 35.8 Å². The largest absolute Gasteiger partial charge is 0.417 e. The van der Waals surface area contributed by atoms with Crippen molar-refractivity contribution >= 4 is 80.1 Å². The fourth-order valence-electron chi connectivity index (χ4n) is 5.32. The van der Waals surface area contributed by atoms with Crippen LogP contribution in [0.4, 0.5) is 74.7 Å².